The Kier molecular flexibility index (Phi) is 7.11. The fraction of sp³-hybridized carbons (Fsp3) is 0.500. The minimum atomic E-state index is -0.149. The van der Waals surface area contributed by atoms with Gasteiger partial charge in [0.2, 0.25) is 0 Å². The van der Waals surface area contributed by atoms with Gasteiger partial charge in [0.1, 0.15) is 35.4 Å². The van der Waals surface area contributed by atoms with E-state index in [0.29, 0.717) is 11.3 Å². The van der Waals surface area contributed by atoms with Crippen molar-refractivity contribution in [3.63, 3.8) is 0 Å². The van der Waals surface area contributed by atoms with Crippen LogP contribution in [0.5, 0.6) is 0 Å². The van der Waals surface area contributed by atoms with E-state index in [1.807, 2.05) is 30.5 Å². The molecule has 0 aromatic carbocycles. The second-order valence-corrected chi connectivity index (χ2v) is 5.64. The molecular formula is C16H16N4S. The average Bonchev–Trinajstić information content (AvgIpc) is 2.49. The molecule has 1 atom stereocenters. The molecule has 1 rings (SSSR count). The molecule has 4 nitrogen and oxygen atoms in total. The SMILES string of the molecule is CSC(=C(C#N)C#N)[C@@H]1CCCCCCC1=C(C#N)C#N. The first-order valence-electron chi connectivity index (χ1n) is 6.85. The van der Waals surface area contributed by atoms with Crippen molar-refractivity contribution in [2.75, 3.05) is 6.26 Å². The van der Waals surface area contributed by atoms with Gasteiger partial charge in [-0.15, -0.1) is 11.8 Å². The van der Waals surface area contributed by atoms with Gasteiger partial charge in [-0.05, 0) is 31.1 Å². The van der Waals surface area contributed by atoms with Gasteiger partial charge in [0.05, 0.1) is 0 Å². The maximum absolute atomic E-state index is 9.18. The predicted molar refractivity (Wildman–Crippen MR) is 81.2 cm³/mol. The minimum absolute atomic E-state index is 0.0980. The zero-order valence-electron chi connectivity index (χ0n) is 12.0. The lowest BCUT2D eigenvalue weighted by molar-refractivity contribution is 0.508. The Labute approximate surface area is 130 Å². The Balaban J connectivity index is 3.44. The zero-order valence-corrected chi connectivity index (χ0v) is 12.8. The van der Waals surface area contributed by atoms with Gasteiger partial charge in [-0.1, -0.05) is 19.3 Å². The lowest BCUT2D eigenvalue weighted by atomic mass is 9.83. The van der Waals surface area contributed by atoms with Gasteiger partial charge >= 0.3 is 0 Å². The van der Waals surface area contributed by atoms with E-state index >= 15 is 0 Å². The van der Waals surface area contributed by atoms with Crippen LogP contribution >= 0.6 is 11.8 Å². The van der Waals surface area contributed by atoms with Crippen LogP contribution in [-0.2, 0) is 0 Å². The molecule has 0 aromatic rings. The molecule has 0 unspecified atom stereocenters. The first-order valence-corrected chi connectivity index (χ1v) is 8.07. The second-order valence-electron chi connectivity index (χ2n) is 4.80. The molecule has 0 aromatic heterocycles. The van der Waals surface area contributed by atoms with Crippen LogP contribution < -0.4 is 0 Å². The lowest BCUT2D eigenvalue weighted by Gasteiger charge is -2.25. The van der Waals surface area contributed by atoms with Gasteiger partial charge in [0.25, 0.3) is 0 Å². The summed E-state index contributed by atoms with van der Waals surface area (Å²) in [5, 5.41) is 36.6. The number of hydrogen-bond acceptors (Lipinski definition) is 5. The molecule has 1 saturated carbocycles. The highest BCUT2D eigenvalue weighted by molar-refractivity contribution is 8.02. The Hall–Kier alpha value is -2.21. The van der Waals surface area contributed by atoms with Crippen molar-refractivity contribution < 1.29 is 0 Å². The Bertz CT molecular complexity index is 585. The van der Waals surface area contributed by atoms with Crippen molar-refractivity contribution in [2.24, 2.45) is 5.92 Å². The maximum atomic E-state index is 9.18. The summed E-state index contributed by atoms with van der Waals surface area (Å²) in [4.78, 5) is 0.694. The predicted octanol–water partition coefficient (Wildman–Crippen LogP) is 3.96. The minimum Gasteiger partial charge on any atom is -0.192 e. The summed E-state index contributed by atoms with van der Waals surface area (Å²) < 4.78 is 0. The summed E-state index contributed by atoms with van der Waals surface area (Å²) in [5.41, 5.74) is 1.04. The van der Waals surface area contributed by atoms with E-state index in [-0.39, 0.29) is 17.1 Å². The molecule has 106 valence electrons. The van der Waals surface area contributed by atoms with Crippen molar-refractivity contribution in [1.82, 2.24) is 0 Å². The molecule has 0 heterocycles. The molecule has 0 aliphatic heterocycles. The number of allylic oxidation sites excluding steroid dienone is 4. The van der Waals surface area contributed by atoms with Crippen molar-refractivity contribution >= 4 is 11.8 Å². The van der Waals surface area contributed by atoms with E-state index < -0.39 is 0 Å². The maximum Gasteiger partial charge on any atom is 0.139 e. The van der Waals surface area contributed by atoms with Gasteiger partial charge in [-0.25, -0.2) is 0 Å². The molecule has 0 spiro atoms. The molecule has 0 saturated heterocycles. The number of nitriles is 4. The molecule has 5 heteroatoms. The summed E-state index contributed by atoms with van der Waals surface area (Å²) in [7, 11) is 0. The summed E-state index contributed by atoms with van der Waals surface area (Å²) >= 11 is 1.37. The highest BCUT2D eigenvalue weighted by Crippen LogP contribution is 2.39. The van der Waals surface area contributed by atoms with Gasteiger partial charge in [0, 0.05) is 10.8 Å². The second kappa shape index (κ2) is 8.86. The summed E-state index contributed by atoms with van der Waals surface area (Å²) in [6.45, 7) is 0. The summed E-state index contributed by atoms with van der Waals surface area (Å²) in [6, 6.07) is 7.83. The number of nitrogens with zero attached hydrogens (tertiary/aromatic N) is 4. The topological polar surface area (TPSA) is 95.2 Å². The van der Waals surface area contributed by atoms with Crippen LogP contribution in [0.15, 0.2) is 21.6 Å². The number of rotatable bonds is 2. The molecule has 1 aliphatic carbocycles. The summed E-state index contributed by atoms with van der Waals surface area (Å²) in [6.07, 6.45) is 7.41. The molecule has 0 N–H and O–H groups in total. The van der Waals surface area contributed by atoms with E-state index in [1.165, 1.54) is 11.8 Å². The Morgan fingerprint density at radius 2 is 1.57 bits per heavy atom. The van der Waals surface area contributed by atoms with Gasteiger partial charge in [-0.2, -0.15) is 21.0 Å². The van der Waals surface area contributed by atoms with Crippen LogP contribution in [0.4, 0.5) is 0 Å². The normalized spacial score (nSPS) is 18.0. The highest BCUT2D eigenvalue weighted by Gasteiger charge is 2.26. The monoisotopic (exact) mass is 296 g/mol. The molecule has 0 bridgehead atoms. The van der Waals surface area contributed by atoms with Crippen LogP contribution in [0, 0.1) is 51.2 Å². The van der Waals surface area contributed by atoms with Crippen LogP contribution in [-0.4, -0.2) is 6.26 Å². The van der Waals surface area contributed by atoms with Crippen LogP contribution in [0.2, 0.25) is 0 Å². The summed E-state index contributed by atoms with van der Waals surface area (Å²) in [5.74, 6) is -0.149. The van der Waals surface area contributed by atoms with Crippen molar-refractivity contribution in [3.8, 4) is 24.3 Å². The molecule has 1 aliphatic rings. The van der Waals surface area contributed by atoms with Crippen LogP contribution in [0.1, 0.15) is 38.5 Å². The third-order valence-corrected chi connectivity index (χ3v) is 4.59. The van der Waals surface area contributed by atoms with Gasteiger partial charge in [0.15, 0.2) is 0 Å². The van der Waals surface area contributed by atoms with E-state index in [2.05, 4.69) is 0 Å². The highest BCUT2D eigenvalue weighted by atomic mass is 32.2. The molecular weight excluding hydrogens is 280 g/mol. The van der Waals surface area contributed by atoms with Crippen molar-refractivity contribution in [2.45, 2.75) is 38.5 Å². The van der Waals surface area contributed by atoms with E-state index in [1.54, 1.807) is 0 Å². The average molecular weight is 296 g/mol. The fourth-order valence-corrected chi connectivity index (χ4v) is 3.52. The third-order valence-electron chi connectivity index (χ3n) is 3.66. The Morgan fingerprint density at radius 3 is 2.10 bits per heavy atom. The zero-order chi connectivity index (χ0) is 15.7. The third kappa shape index (κ3) is 4.13. The van der Waals surface area contributed by atoms with Crippen molar-refractivity contribution in [1.29, 1.82) is 21.0 Å². The van der Waals surface area contributed by atoms with E-state index in [9.17, 15) is 10.5 Å². The molecule has 21 heavy (non-hydrogen) atoms. The van der Waals surface area contributed by atoms with E-state index in [0.717, 1.165) is 37.7 Å². The quantitative estimate of drug-likeness (QED) is 0.718. The van der Waals surface area contributed by atoms with E-state index in [4.69, 9.17) is 10.5 Å². The van der Waals surface area contributed by atoms with Crippen LogP contribution in [0.3, 0.4) is 0 Å². The standard InChI is InChI=1S/C16H16N4S/c1-21-16(13(10-19)11-20)15-7-5-3-2-4-6-14(15)12(8-17)9-18/h15H,2-7H2,1H3/t15-/m1/s1. The molecule has 1 fully saturated rings. The largest absolute Gasteiger partial charge is 0.192 e. The van der Waals surface area contributed by atoms with Gasteiger partial charge in [-0.3, -0.25) is 0 Å². The van der Waals surface area contributed by atoms with Gasteiger partial charge < -0.3 is 0 Å². The van der Waals surface area contributed by atoms with Crippen LogP contribution in [0.25, 0.3) is 0 Å². The molecule has 0 radical (unpaired) electrons. The molecule has 0 amide bonds. The first kappa shape index (κ1) is 16.8. The lowest BCUT2D eigenvalue weighted by Crippen LogP contribution is -2.12. The number of hydrogen-bond donors (Lipinski definition) is 0. The first-order chi connectivity index (χ1) is 10.2. The number of thioether (sulfide) groups is 1. The van der Waals surface area contributed by atoms with Crippen molar-refractivity contribution in [3.05, 3.63) is 21.6 Å². The Morgan fingerprint density at radius 1 is 0.952 bits per heavy atom. The fourth-order valence-electron chi connectivity index (χ4n) is 2.68. The smallest absolute Gasteiger partial charge is 0.139 e.